The molecule has 2 N–H and O–H groups in total. The lowest BCUT2D eigenvalue weighted by Gasteiger charge is -2.11. The van der Waals surface area contributed by atoms with Crippen LogP contribution >= 0.6 is 48.8 Å². The smallest absolute Gasteiger partial charge is 0.133 e. The van der Waals surface area contributed by atoms with Gasteiger partial charge in [0.2, 0.25) is 0 Å². The van der Waals surface area contributed by atoms with Gasteiger partial charge >= 0.3 is 0 Å². The maximum absolute atomic E-state index is 5.11. The lowest BCUT2D eigenvalue weighted by molar-refractivity contribution is 0.795. The first-order chi connectivity index (χ1) is 14.4. The van der Waals surface area contributed by atoms with Crippen molar-refractivity contribution in [1.29, 1.82) is 0 Å². The van der Waals surface area contributed by atoms with Gasteiger partial charge < -0.3 is 10.6 Å². The first-order valence-electron chi connectivity index (χ1n) is 10.3. The minimum absolute atomic E-state index is 0. The lowest BCUT2D eigenvalue weighted by atomic mass is 10.1. The quantitative estimate of drug-likeness (QED) is 0.239. The van der Waals surface area contributed by atoms with Crippen molar-refractivity contribution in [1.82, 2.24) is 10.6 Å². The molecule has 0 spiro atoms. The number of thiocarbonyl (C=S) groups is 2. The van der Waals surface area contributed by atoms with E-state index in [9.17, 15) is 0 Å². The van der Waals surface area contributed by atoms with Gasteiger partial charge in [-0.1, -0.05) is 117 Å². The monoisotopic (exact) mass is 491 g/mol. The molecule has 0 bridgehead atoms. The zero-order chi connectivity index (χ0) is 22.6. The Bertz CT molecular complexity index is 684. The predicted molar refractivity (Wildman–Crippen MR) is 155 cm³/mol. The van der Waals surface area contributed by atoms with Gasteiger partial charge in [-0.25, -0.2) is 0 Å². The SMILES string of the molecule is CCCCc1ccccc1.CNC(=S)S.CNC(=S)SC(C)CCc1ccccc1.[B]. The number of aryl methyl sites for hydroxylation is 2. The van der Waals surface area contributed by atoms with Crippen molar-refractivity contribution in [3.63, 3.8) is 0 Å². The van der Waals surface area contributed by atoms with Crippen LogP contribution in [0.4, 0.5) is 0 Å². The molecule has 2 rings (SSSR count). The Labute approximate surface area is 212 Å². The van der Waals surface area contributed by atoms with Gasteiger partial charge in [0.15, 0.2) is 0 Å². The summed E-state index contributed by atoms with van der Waals surface area (Å²) in [5.41, 5.74) is 2.87. The van der Waals surface area contributed by atoms with Crippen LogP contribution in [0.25, 0.3) is 0 Å². The van der Waals surface area contributed by atoms with Gasteiger partial charge in [0.25, 0.3) is 0 Å². The molecule has 2 aromatic rings. The molecule has 0 heterocycles. The average Bonchev–Trinajstić information content (AvgIpc) is 2.78. The summed E-state index contributed by atoms with van der Waals surface area (Å²) >= 11 is 15.0. The molecule has 0 aliphatic rings. The fourth-order valence-corrected chi connectivity index (χ4v) is 3.55. The number of nitrogens with one attached hydrogen (secondary N) is 2. The third kappa shape index (κ3) is 20.6. The van der Waals surface area contributed by atoms with Crippen molar-refractivity contribution >= 4 is 65.9 Å². The molecule has 0 fully saturated rings. The first kappa shape index (κ1) is 32.2. The lowest BCUT2D eigenvalue weighted by Crippen LogP contribution is -2.14. The number of unbranched alkanes of at least 4 members (excludes halogenated alkanes) is 1. The van der Waals surface area contributed by atoms with E-state index in [1.165, 1.54) is 30.4 Å². The molecule has 2 nitrogen and oxygen atoms in total. The van der Waals surface area contributed by atoms with Crippen LogP contribution in [0.2, 0.25) is 0 Å². The van der Waals surface area contributed by atoms with Gasteiger partial charge in [-0.05, 0) is 36.8 Å². The van der Waals surface area contributed by atoms with Gasteiger partial charge in [0.05, 0.1) is 0 Å². The van der Waals surface area contributed by atoms with Crippen molar-refractivity contribution in [2.24, 2.45) is 0 Å². The minimum atomic E-state index is 0. The second kappa shape index (κ2) is 22.2. The fraction of sp³-hybridized carbons (Fsp3) is 0.417. The maximum atomic E-state index is 5.11. The van der Waals surface area contributed by atoms with E-state index in [1.54, 1.807) is 18.8 Å². The average molecular weight is 492 g/mol. The van der Waals surface area contributed by atoms with Crippen LogP contribution in [0.15, 0.2) is 60.7 Å². The highest BCUT2D eigenvalue weighted by atomic mass is 32.2. The molecule has 2 aromatic carbocycles. The normalized spacial score (nSPS) is 10.1. The fourth-order valence-electron chi connectivity index (χ4n) is 2.34. The number of benzene rings is 2. The molecule has 0 saturated carbocycles. The predicted octanol–water partition coefficient (Wildman–Crippen LogP) is 6.31. The largest absolute Gasteiger partial charge is 0.374 e. The summed E-state index contributed by atoms with van der Waals surface area (Å²) in [4.78, 5) is 0. The van der Waals surface area contributed by atoms with Crippen LogP contribution in [0.5, 0.6) is 0 Å². The molecule has 0 amide bonds. The van der Waals surface area contributed by atoms with E-state index in [0.717, 1.165) is 17.2 Å². The molecule has 3 radical (unpaired) electrons. The van der Waals surface area contributed by atoms with Crippen molar-refractivity contribution in [2.45, 2.75) is 51.2 Å². The van der Waals surface area contributed by atoms with Crippen LogP contribution in [0.3, 0.4) is 0 Å². The summed E-state index contributed by atoms with van der Waals surface area (Å²) in [7, 11) is 3.61. The van der Waals surface area contributed by atoms with Gasteiger partial charge in [-0.2, -0.15) is 0 Å². The van der Waals surface area contributed by atoms with Gasteiger partial charge in [-0.15, -0.1) is 12.6 Å². The minimum Gasteiger partial charge on any atom is -0.374 e. The van der Waals surface area contributed by atoms with Crippen LogP contribution in [-0.2, 0) is 12.8 Å². The van der Waals surface area contributed by atoms with Crippen LogP contribution in [0.1, 0.15) is 44.2 Å². The molecule has 0 aliphatic heterocycles. The second-order valence-electron chi connectivity index (χ2n) is 6.63. The molecular formula is C24H36BN2S4. The highest BCUT2D eigenvalue weighted by molar-refractivity contribution is 8.23. The molecule has 1 unspecified atom stereocenters. The Kier molecular flexibility index (Phi) is 23.0. The second-order valence-corrected chi connectivity index (χ2v) is 9.91. The number of rotatable bonds is 7. The van der Waals surface area contributed by atoms with Gasteiger partial charge in [0.1, 0.15) is 8.64 Å². The Hall–Kier alpha value is -1.02. The zero-order valence-electron chi connectivity index (χ0n) is 19.1. The van der Waals surface area contributed by atoms with Crippen molar-refractivity contribution in [2.75, 3.05) is 14.1 Å². The van der Waals surface area contributed by atoms with Gasteiger partial charge in [-0.3, -0.25) is 0 Å². The molecule has 1 atom stereocenters. The number of hydrogen-bond acceptors (Lipinski definition) is 3. The van der Waals surface area contributed by atoms with E-state index in [4.69, 9.17) is 12.2 Å². The maximum Gasteiger partial charge on any atom is 0.133 e. The van der Waals surface area contributed by atoms with E-state index < -0.39 is 0 Å². The third-order valence-corrected chi connectivity index (χ3v) is 6.05. The third-order valence-electron chi connectivity index (χ3n) is 4.07. The summed E-state index contributed by atoms with van der Waals surface area (Å²) in [5, 5.41) is 6.19. The topological polar surface area (TPSA) is 24.1 Å². The van der Waals surface area contributed by atoms with Crippen molar-refractivity contribution in [3.8, 4) is 0 Å². The first-order valence-corrected chi connectivity index (χ1v) is 12.4. The molecular weight excluding hydrogens is 455 g/mol. The Balaban J connectivity index is 0. The van der Waals surface area contributed by atoms with E-state index in [-0.39, 0.29) is 8.41 Å². The Morgan fingerprint density at radius 2 is 1.35 bits per heavy atom. The Morgan fingerprint density at radius 3 is 1.74 bits per heavy atom. The van der Waals surface area contributed by atoms with Crippen LogP contribution in [-0.4, -0.2) is 36.4 Å². The molecule has 31 heavy (non-hydrogen) atoms. The molecule has 0 aromatic heterocycles. The summed E-state index contributed by atoms with van der Waals surface area (Å²) in [6, 6.07) is 21.2. The molecule has 7 heteroatoms. The van der Waals surface area contributed by atoms with E-state index in [2.05, 4.69) is 110 Å². The Morgan fingerprint density at radius 1 is 0.903 bits per heavy atom. The standard InChI is InChI=1S/C12H17NS2.C10H14.C2H5NS2.B/c1-10(15-12(14)13-2)8-9-11-6-4-3-5-7-11;1-2-3-7-10-8-5-4-6-9-10;1-3-2(4)5;/h3-7,10H,8-9H2,1-2H3,(H,13,14);4-6,8-9H,2-3,7H2,1H3;1H3,(H2,3,4,5);. The van der Waals surface area contributed by atoms with Crippen LogP contribution < -0.4 is 10.6 Å². The van der Waals surface area contributed by atoms with E-state index >= 15 is 0 Å². The zero-order valence-corrected chi connectivity index (χ0v) is 22.5. The number of thioether (sulfide) groups is 1. The van der Waals surface area contributed by atoms with Crippen molar-refractivity contribution in [3.05, 3.63) is 71.8 Å². The summed E-state index contributed by atoms with van der Waals surface area (Å²) in [6.45, 7) is 4.44. The summed E-state index contributed by atoms with van der Waals surface area (Å²) < 4.78 is 1.42. The van der Waals surface area contributed by atoms with Crippen molar-refractivity contribution < 1.29 is 0 Å². The molecule has 169 valence electrons. The highest BCUT2D eigenvalue weighted by Crippen LogP contribution is 2.17. The van der Waals surface area contributed by atoms with E-state index in [0.29, 0.717) is 9.57 Å². The van der Waals surface area contributed by atoms with E-state index in [1.807, 2.05) is 7.05 Å². The van der Waals surface area contributed by atoms with Crippen LogP contribution in [0, 0.1) is 0 Å². The summed E-state index contributed by atoms with van der Waals surface area (Å²) in [6.07, 6.45) is 6.12. The van der Waals surface area contributed by atoms with Gasteiger partial charge in [0, 0.05) is 27.8 Å². The molecule has 0 aliphatic carbocycles. The number of hydrogen-bond donors (Lipinski definition) is 3. The summed E-state index contributed by atoms with van der Waals surface area (Å²) in [5.74, 6) is 0. The number of thiol groups is 1. The highest BCUT2D eigenvalue weighted by Gasteiger charge is 2.05. The molecule has 0 saturated heterocycles.